The van der Waals surface area contributed by atoms with E-state index in [1.807, 2.05) is 19.4 Å². The van der Waals surface area contributed by atoms with Crippen LogP contribution in [0.1, 0.15) is 32.2 Å². The van der Waals surface area contributed by atoms with Crippen LogP contribution in [-0.4, -0.2) is 32.1 Å². The zero-order valence-corrected chi connectivity index (χ0v) is 13.2. The molecule has 0 aliphatic carbocycles. The second kappa shape index (κ2) is 7.06. The summed E-state index contributed by atoms with van der Waals surface area (Å²) < 4.78 is 2.06. The van der Waals surface area contributed by atoms with Crippen molar-refractivity contribution < 1.29 is 0 Å². The molecule has 6 heteroatoms. The van der Waals surface area contributed by atoms with Crippen LogP contribution >= 0.6 is 0 Å². The van der Waals surface area contributed by atoms with Crippen molar-refractivity contribution in [2.24, 2.45) is 0 Å². The molecule has 2 aromatic rings. The number of nitrogens with one attached hydrogen (secondary N) is 2. The van der Waals surface area contributed by atoms with Crippen LogP contribution in [0.15, 0.2) is 18.7 Å². The van der Waals surface area contributed by atoms with Crippen LogP contribution in [0.3, 0.4) is 0 Å². The Bertz CT molecular complexity index is 564. The molecule has 2 rings (SSSR count). The fourth-order valence-corrected chi connectivity index (χ4v) is 2.19. The lowest BCUT2D eigenvalue weighted by atomic mass is 10.2. The molecule has 6 nitrogen and oxygen atoms in total. The van der Waals surface area contributed by atoms with Crippen molar-refractivity contribution in [2.45, 2.75) is 46.7 Å². The molecule has 0 saturated carbocycles. The van der Waals surface area contributed by atoms with Gasteiger partial charge in [-0.3, -0.25) is 0 Å². The van der Waals surface area contributed by atoms with Gasteiger partial charge in [-0.1, -0.05) is 6.92 Å². The minimum absolute atomic E-state index is 0.256. The second-order valence-corrected chi connectivity index (χ2v) is 5.15. The molecule has 2 aromatic heterocycles. The van der Waals surface area contributed by atoms with Crippen LogP contribution in [0.2, 0.25) is 0 Å². The van der Waals surface area contributed by atoms with Gasteiger partial charge in [0, 0.05) is 43.5 Å². The van der Waals surface area contributed by atoms with Crippen LogP contribution in [0.5, 0.6) is 0 Å². The van der Waals surface area contributed by atoms with Crippen LogP contribution in [-0.2, 0) is 13.0 Å². The Hall–Kier alpha value is -2.11. The summed E-state index contributed by atoms with van der Waals surface area (Å²) in [5.41, 5.74) is 1.06. The molecule has 21 heavy (non-hydrogen) atoms. The quantitative estimate of drug-likeness (QED) is 0.819. The Morgan fingerprint density at radius 2 is 2.00 bits per heavy atom. The fraction of sp³-hybridized carbons (Fsp3) is 0.533. The van der Waals surface area contributed by atoms with E-state index < -0.39 is 0 Å². The summed E-state index contributed by atoms with van der Waals surface area (Å²) in [6.07, 6.45) is 6.41. The van der Waals surface area contributed by atoms with Gasteiger partial charge in [0.1, 0.15) is 17.5 Å². The maximum atomic E-state index is 4.62. The molecular weight excluding hydrogens is 264 g/mol. The van der Waals surface area contributed by atoms with E-state index in [4.69, 9.17) is 0 Å². The maximum Gasteiger partial charge on any atom is 0.135 e. The molecule has 0 saturated heterocycles. The third-order valence-corrected chi connectivity index (χ3v) is 3.28. The van der Waals surface area contributed by atoms with Crippen molar-refractivity contribution in [1.29, 1.82) is 0 Å². The van der Waals surface area contributed by atoms with E-state index in [-0.39, 0.29) is 6.04 Å². The Labute approximate surface area is 126 Å². The Morgan fingerprint density at radius 1 is 1.24 bits per heavy atom. The highest BCUT2D eigenvalue weighted by Crippen LogP contribution is 2.21. The molecule has 0 amide bonds. The molecule has 2 N–H and O–H groups in total. The van der Waals surface area contributed by atoms with Gasteiger partial charge in [-0.2, -0.15) is 0 Å². The van der Waals surface area contributed by atoms with E-state index in [9.17, 15) is 0 Å². The summed E-state index contributed by atoms with van der Waals surface area (Å²) in [7, 11) is 0. The molecular formula is C15H24N6. The van der Waals surface area contributed by atoms with Crippen LogP contribution in [0.4, 0.5) is 11.6 Å². The molecule has 1 atom stereocenters. The van der Waals surface area contributed by atoms with Gasteiger partial charge in [0.2, 0.25) is 0 Å². The molecule has 0 aromatic carbocycles. The number of hydrogen-bond acceptors (Lipinski definition) is 5. The first-order valence-electron chi connectivity index (χ1n) is 7.47. The van der Waals surface area contributed by atoms with Crippen molar-refractivity contribution >= 4 is 11.6 Å². The lowest BCUT2D eigenvalue weighted by Crippen LogP contribution is -2.23. The van der Waals surface area contributed by atoms with Crippen LogP contribution < -0.4 is 10.6 Å². The van der Waals surface area contributed by atoms with Gasteiger partial charge in [0.25, 0.3) is 0 Å². The van der Waals surface area contributed by atoms with E-state index >= 15 is 0 Å². The van der Waals surface area contributed by atoms with E-state index in [0.717, 1.165) is 42.5 Å². The lowest BCUT2D eigenvalue weighted by Gasteiger charge is -2.19. The number of aryl methyl sites for hydroxylation is 1. The first kappa shape index (κ1) is 15.3. The SMILES string of the molecule is CCNc1nc(CC)nc(NC(C)Cn2ccnc2)c1C. The highest BCUT2D eigenvalue weighted by molar-refractivity contribution is 5.57. The van der Waals surface area contributed by atoms with Gasteiger partial charge in [-0.05, 0) is 20.8 Å². The largest absolute Gasteiger partial charge is 0.370 e. The molecule has 0 spiro atoms. The van der Waals surface area contributed by atoms with Crippen molar-refractivity contribution in [2.75, 3.05) is 17.2 Å². The molecule has 0 bridgehead atoms. The number of rotatable bonds is 7. The van der Waals surface area contributed by atoms with E-state index in [1.165, 1.54) is 0 Å². The Balaban J connectivity index is 2.15. The highest BCUT2D eigenvalue weighted by Gasteiger charge is 2.12. The summed E-state index contributed by atoms with van der Waals surface area (Å²) in [5, 5.41) is 6.79. The molecule has 0 fully saturated rings. The van der Waals surface area contributed by atoms with Gasteiger partial charge >= 0.3 is 0 Å². The number of nitrogens with zero attached hydrogens (tertiary/aromatic N) is 4. The average molecular weight is 288 g/mol. The minimum Gasteiger partial charge on any atom is -0.370 e. The van der Waals surface area contributed by atoms with Crippen molar-refractivity contribution in [3.63, 3.8) is 0 Å². The van der Waals surface area contributed by atoms with E-state index in [2.05, 4.69) is 50.9 Å². The average Bonchev–Trinajstić information content (AvgIpc) is 2.96. The zero-order valence-electron chi connectivity index (χ0n) is 13.2. The first-order valence-corrected chi connectivity index (χ1v) is 7.47. The number of aromatic nitrogens is 4. The minimum atomic E-state index is 0.256. The third kappa shape index (κ3) is 3.93. The fourth-order valence-electron chi connectivity index (χ4n) is 2.19. The Kier molecular flexibility index (Phi) is 5.14. The number of imidazole rings is 1. The summed E-state index contributed by atoms with van der Waals surface area (Å²) in [4.78, 5) is 13.2. The topological polar surface area (TPSA) is 67.7 Å². The number of anilines is 2. The predicted molar refractivity (Wildman–Crippen MR) is 85.6 cm³/mol. The Morgan fingerprint density at radius 3 is 2.62 bits per heavy atom. The lowest BCUT2D eigenvalue weighted by molar-refractivity contribution is 0.616. The monoisotopic (exact) mass is 288 g/mol. The first-order chi connectivity index (χ1) is 10.1. The van der Waals surface area contributed by atoms with Crippen molar-refractivity contribution in [1.82, 2.24) is 19.5 Å². The summed E-state index contributed by atoms with van der Waals surface area (Å²) in [6.45, 7) is 10.0. The summed E-state index contributed by atoms with van der Waals surface area (Å²) >= 11 is 0. The molecule has 0 radical (unpaired) electrons. The number of hydrogen-bond donors (Lipinski definition) is 2. The van der Waals surface area contributed by atoms with Gasteiger partial charge in [0.15, 0.2) is 0 Å². The molecule has 0 aliphatic heterocycles. The standard InChI is InChI=1S/C15H24N6/c1-5-13-19-14(17-6-2)12(4)15(20-13)18-11(3)9-21-8-7-16-10-21/h7-8,10-11H,5-6,9H2,1-4H3,(H2,17,18,19,20). The smallest absolute Gasteiger partial charge is 0.135 e. The van der Waals surface area contributed by atoms with Gasteiger partial charge < -0.3 is 15.2 Å². The van der Waals surface area contributed by atoms with E-state index in [1.54, 1.807) is 6.20 Å². The van der Waals surface area contributed by atoms with Gasteiger partial charge in [0.05, 0.1) is 6.33 Å². The summed E-state index contributed by atoms with van der Waals surface area (Å²) in [6, 6.07) is 0.256. The van der Waals surface area contributed by atoms with E-state index in [0.29, 0.717) is 0 Å². The predicted octanol–water partition coefficient (Wildman–Crippen LogP) is 2.48. The molecule has 0 aliphatic rings. The molecule has 114 valence electrons. The molecule has 2 heterocycles. The van der Waals surface area contributed by atoms with Crippen LogP contribution in [0.25, 0.3) is 0 Å². The van der Waals surface area contributed by atoms with Gasteiger partial charge in [-0.15, -0.1) is 0 Å². The third-order valence-electron chi connectivity index (χ3n) is 3.28. The van der Waals surface area contributed by atoms with Crippen molar-refractivity contribution in [3.05, 3.63) is 30.1 Å². The highest BCUT2D eigenvalue weighted by atomic mass is 15.1. The van der Waals surface area contributed by atoms with Crippen molar-refractivity contribution in [3.8, 4) is 0 Å². The second-order valence-electron chi connectivity index (χ2n) is 5.15. The zero-order chi connectivity index (χ0) is 15.2. The van der Waals surface area contributed by atoms with Crippen LogP contribution in [0, 0.1) is 6.92 Å². The molecule has 1 unspecified atom stereocenters. The maximum absolute atomic E-state index is 4.62. The van der Waals surface area contributed by atoms with Gasteiger partial charge in [-0.25, -0.2) is 15.0 Å². The summed E-state index contributed by atoms with van der Waals surface area (Å²) in [5.74, 6) is 2.68. The normalized spacial score (nSPS) is 12.2.